The molecule has 0 saturated carbocycles. The first kappa shape index (κ1) is 16.7. The lowest BCUT2D eigenvalue weighted by Gasteiger charge is -2.45. The van der Waals surface area contributed by atoms with E-state index in [1.54, 1.807) is 24.6 Å². The van der Waals surface area contributed by atoms with Gasteiger partial charge in [-0.05, 0) is 19.8 Å². The van der Waals surface area contributed by atoms with Gasteiger partial charge in [-0.25, -0.2) is 9.97 Å². The van der Waals surface area contributed by atoms with Gasteiger partial charge in [0, 0.05) is 44.5 Å². The van der Waals surface area contributed by atoms with E-state index in [2.05, 4.69) is 30.1 Å². The molecule has 0 aromatic carbocycles. The van der Waals surface area contributed by atoms with Crippen molar-refractivity contribution in [1.29, 1.82) is 0 Å². The van der Waals surface area contributed by atoms with Crippen molar-refractivity contribution in [2.24, 2.45) is 0 Å². The van der Waals surface area contributed by atoms with Crippen LogP contribution in [0.4, 0.5) is 0 Å². The van der Waals surface area contributed by atoms with Crippen LogP contribution in [0.3, 0.4) is 0 Å². The number of nitrogens with zero attached hydrogens (tertiary/aromatic N) is 4. The Labute approximate surface area is 151 Å². The van der Waals surface area contributed by atoms with Crippen LogP contribution in [0.15, 0.2) is 17.8 Å². The molecule has 1 N–H and O–H groups in total. The van der Waals surface area contributed by atoms with Crippen molar-refractivity contribution in [1.82, 2.24) is 24.8 Å². The van der Waals surface area contributed by atoms with Crippen LogP contribution < -0.4 is 5.32 Å². The Kier molecular flexibility index (Phi) is 4.35. The summed E-state index contributed by atoms with van der Waals surface area (Å²) in [5.41, 5.74) is 0.667. The molecule has 1 saturated heterocycles. The number of hydrogen-bond donors (Lipinski definition) is 1. The molecule has 25 heavy (non-hydrogen) atoms. The summed E-state index contributed by atoms with van der Waals surface area (Å²) in [5, 5.41) is 5.94. The van der Waals surface area contributed by atoms with Gasteiger partial charge in [-0.2, -0.15) is 0 Å². The number of piperidine rings is 1. The predicted molar refractivity (Wildman–Crippen MR) is 94.2 cm³/mol. The molecule has 2 aliphatic rings. The maximum absolute atomic E-state index is 12.1. The average Bonchev–Trinajstić information content (AvgIpc) is 3.25. The molecule has 4 rings (SSSR count). The molecular weight excluding hydrogens is 338 g/mol. The number of carbonyl (C=O) groups is 1. The smallest absolute Gasteiger partial charge is 0.250 e. The number of amides is 1. The molecule has 7 nitrogen and oxygen atoms in total. The average molecular weight is 361 g/mol. The summed E-state index contributed by atoms with van der Waals surface area (Å²) >= 11 is 1.69. The zero-order chi connectivity index (χ0) is 17.4. The molecule has 1 fully saturated rings. The molecule has 2 aromatic heterocycles. The fraction of sp³-hybridized carbons (Fsp3) is 0.588. The van der Waals surface area contributed by atoms with Crippen LogP contribution in [0.25, 0.3) is 0 Å². The van der Waals surface area contributed by atoms with E-state index in [0.717, 1.165) is 49.0 Å². The van der Waals surface area contributed by atoms with E-state index in [1.165, 1.54) is 0 Å². The van der Waals surface area contributed by atoms with Crippen LogP contribution >= 0.6 is 11.3 Å². The van der Waals surface area contributed by atoms with Crippen molar-refractivity contribution in [3.8, 4) is 0 Å². The van der Waals surface area contributed by atoms with Gasteiger partial charge < -0.3 is 14.6 Å². The summed E-state index contributed by atoms with van der Waals surface area (Å²) in [4.78, 5) is 23.6. The van der Waals surface area contributed by atoms with Crippen molar-refractivity contribution < 1.29 is 9.53 Å². The summed E-state index contributed by atoms with van der Waals surface area (Å²) in [6, 6.07) is 0. The number of aryl methyl sites for hydroxylation is 1. The van der Waals surface area contributed by atoms with Crippen molar-refractivity contribution in [3.05, 3.63) is 34.3 Å². The molecule has 1 amide bonds. The van der Waals surface area contributed by atoms with Gasteiger partial charge in [0.1, 0.15) is 11.4 Å². The maximum atomic E-state index is 12.1. The largest absolute Gasteiger partial charge is 0.357 e. The van der Waals surface area contributed by atoms with Crippen LogP contribution in [-0.2, 0) is 28.2 Å². The lowest BCUT2D eigenvalue weighted by Crippen LogP contribution is -2.53. The van der Waals surface area contributed by atoms with E-state index >= 15 is 0 Å². The van der Waals surface area contributed by atoms with E-state index in [1.807, 2.05) is 13.1 Å². The summed E-state index contributed by atoms with van der Waals surface area (Å²) in [7, 11) is 1.65. The van der Waals surface area contributed by atoms with E-state index in [0.29, 0.717) is 6.54 Å². The third-order valence-electron chi connectivity index (χ3n) is 5.11. The normalized spacial score (nSPS) is 22.7. The van der Waals surface area contributed by atoms with Gasteiger partial charge in [0.15, 0.2) is 6.10 Å². The SMILES string of the molecule is CNC(=O)C1Cn2ccnc2C2(CCN(Cc3csc(C)n3)CC2)O1. The minimum Gasteiger partial charge on any atom is -0.357 e. The maximum Gasteiger partial charge on any atom is 0.250 e. The number of likely N-dealkylation sites (N-methyl/N-ethyl adjacent to an activating group) is 1. The first-order valence-corrected chi connectivity index (χ1v) is 9.52. The first-order valence-electron chi connectivity index (χ1n) is 8.64. The molecule has 0 bridgehead atoms. The molecule has 134 valence electrons. The molecular formula is C17H23N5O2S. The second kappa shape index (κ2) is 6.51. The van der Waals surface area contributed by atoms with Crippen LogP contribution in [-0.4, -0.2) is 51.6 Å². The fourth-order valence-electron chi connectivity index (χ4n) is 3.82. The zero-order valence-corrected chi connectivity index (χ0v) is 15.4. The quantitative estimate of drug-likeness (QED) is 0.892. The number of fused-ring (bicyclic) bond motifs is 2. The standard InChI is InChI=1S/C17H23N5O2S/c1-12-20-13(11-25-12)9-21-6-3-17(4-7-21)16-19-5-8-22(16)10-14(24-17)15(23)18-2/h5,8,11,14H,3-4,6-7,9-10H2,1-2H3,(H,18,23). The number of thiazole rings is 1. The summed E-state index contributed by atoms with van der Waals surface area (Å²) in [6.45, 7) is 5.24. The van der Waals surface area contributed by atoms with E-state index in [-0.39, 0.29) is 5.91 Å². The van der Waals surface area contributed by atoms with Crippen molar-refractivity contribution in [3.63, 3.8) is 0 Å². The third kappa shape index (κ3) is 3.09. The van der Waals surface area contributed by atoms with Crippen LogP contribution in [0, 0.1) is 6.92 Å². The van der Waals surface area contributed by atoms with Crippen molar-refractivity contribution in [2.75, 3.05) is 20.1 Å². The summed E-state index contributed by atoms with van der Waals surface area (Å²) < 4.78 is 8.39. The Bertz CT molecular complexity index is 763. The molecule has 0 aliphatic carbocycles. The Morgan fingerprint density at radius 3 is 2.96 bits per heavy atom. The minimum absolute atomic E-state index is 0.0703. The molecule has 0 radical (unpaired) electrons. The first-order chi connectivity index (χ1) is 12.1. The number of nitrogens with one attached hydrogen (secondary N) is 1. The number of hydrogen-bond acceptors (Lipinski definition) is 6. The summed E-state index contributed by atoms with van der Waals surface area (Å²) in [5.74, 6) is 0.885. The molecule has 1 spiro atoms. The highest BCUT2D eigenvalue weighted by molar-refractivity contribution is 7.09. The zero-order valence-electron chi connectivity index (χ0n) is 14.6. The lowest BCUT2D eigenvalue weighted by atomic mass is 9.88. The van der Waals surface area contributed by atoms with Crippen LogP contribution in [0.2, 0.25) is 0 Å². The highest BCUT2D eigenvalue weighted by Gasteiger charge is 2.46. The molecule has 1 unspecified atom stereocenters. The molecule has 1 atom stereocenters. The Balaban J connectivity index is 1.50. The topological polar surface area (TPSA) is 72.3 Å². The van der Waals surface area contributed by atoms with E-state index in [9.17, 15) is 4.79 Å². The number of imidazole rings is 1. The number of aromatic nitrogens is 3. The predicted octanol–water partition coefficient (Wildman–Crippen LogP) is 1.28. The van der Waals surface area contributed by atoms with Crippen LogP contribution in [0.1, 0.15) is 29.4 Å². The number of rotatable bonds is 3. The fourth-order valence-corrected chi connectivity index (χ4v) is 4.42. The Morgan fingerprint density at radius 2 is 2.28 bits per heavy atom. The van der Waals surface area contributed by atoms with Gasteiger partial charge in [0.2, 0.25) is 0 Å². The lowest BCUT2D eigenvalue weighted by molar-refractivity contribution is -0.173. The molecule has 4 heterocycles. The van der Waals surface area contributed by atoms with Crippen molar-refractivity contribution in [2.45, 2.75) is 44.6 Å². The van der Waals surface area contributed by atoms with Gasteiger partial charge >= 0.3 is 0 Å². The number of ether oxygens (including phenoxy) is 1. The minimum atomic E-state index is -0.465. The summed E-state index contributed by atoms with van der Waals surface area (Å²) in [6.07, 6.45) is 4.96. The van der Waals surface area contributed by atoms with Gasteiger partial charge in [-0.15, -0.1) is 11.3 Å². The monoisotopic (exact) mass is 361 g/mol. The highest BCUT2D eigenvalue weighted by Crippen LogP contribution is 2.40. The van der Waals surface area contributed by atoms with E-state index < -0.39 is 11.7 Å². The number of likely N-dealkylation sites (tertiary alicyclic amines) is 1. The number of carbonyl (C=O) groups excluding carboxylic acids is 1. The Morgan fingerprint density at radius 1 is 1.48 bits per heavy atom. The van der Waals surface area contributed by atoms with Gasteiger partial charge in [-0.3, -0.25) is 9.69 Å². The van der Waals surface area contributed by atoms with Gasteiger partial charge in [-0.1, -0.05) is 0 Å². The molecule has 8 heteroatoms. The second-order valence-electron chi connectivity index (χ2n) is 6.75. The highest BCUT2D eigenvalue weighted by atomic mass is 32.1. The van der Waals surface area contributed by atoms with E-state index in [4.69, 9.17) is 4.74 Å². The van der Waals surface area contributed by atoms with Gasteiger partial charge in [0.05, 0.1) is 17.2 Å². The third-order valence-corrected chi connectivity index (χ3v) is 5.93. The van der Waals surface area contributed by atoms with Gasteiger partial charge in [0.25, 0.3) is 5.91 Å². The Hall–Kier alpha value is -1.77. The molecule has 2 aliphatic heterocycles. The van der Waals surface area contributed by atoms with Crippen molar-refractivity contribution >= 4 is 17.2 Å². The second-order valence-corrected chi connectivity index (χ2v) is 7.81. The molecule has 2 aromatic rings. The van der Waals surface area contributed by atoms with Crippen LogP contribution in [0.5, 0.6) is 0 Å².